The summed E-state index contributed by atoms with van der Waals surface area (Å²) in [6, 6.07) is 1.46. The van der Waals surface area contributed by atoms with Crippen LogP contribution >= 0.6 is 11.3 Å². The summed E-state index contributed by atoms with van der Waals surface area (Å²) in [5.74, 6) is -0.851. The second-order valence-corrected chi connectivity index (χ2v) is 10.2. The quantitative estimate of drug-likeness (QED) is 0.835. The van der Waals surface area contributed by atoms with Crippen LogP contribution in [0.3, 0.4) is 0 Å². The van der Waals surface area contributed by atoms with Crippen molar-refractivity contribution in [2.75, 3.05) is 26.2 Å². The molecule has 1 N–H and O–H groups in total. The molecule has 0 saturated carbocycles. The number of hydrogen-bond acceptors (Lipinski definition) is 5. The molecule has 3 heterocycles. The minimum absolute atomic E-state index is 0.112. The van der Waals surface area contributed by atoms with E-state index in [-0.39, 0.29) is 23.2 Å². The Labute approximate surface area is 157 Å². The maximum atomic E-state index is 12.8. The maximum Gasteiger partial charge on any atom is 0.306 e. The number of sulfonamides is 1. The molecule has 7 nitrogen and oxygen atoms in total. The lowest BCUT2D eigenvalue weighted by Crippen LogP contribution is -2.40. The minimum atomic E-state index is -3.68. The molecule has 0 bridgehead atoms. The van der Waals surface area contributed by atoms with E-state index in [0.29, 0.717) is 37.4 Å². The van der Waals surface area contributed by atoms with Gasteiger partial charge in [0.1, 0.15) is 4.21 Å². The van der Waals surface area contributed by atoms with Crippen molar-refractivity contribution >= 4 is 33.2 Å². The fourth-order valence-electron chi connectivity index (χ4n) is 3.43. The van der Waals surface area contributed by atoms with Crippen molar-refractivity contribution in [3.63, 3.8) is 0 Å². The number of thiophene rings is 1. The Morgan fingerprint density at radius 2 is 1.73 bits per heavy atom. The first-order chi connectivity index (χ1) is 12.3. The van der Waals surface area contributed by atoms with Gasteiger partial charge in [-0.05, 0) is 37.7 Å². The molecule has 0 atom stereocenters. The molecule has 0 unspecified atom stereocenters. The van der Waals surface area contributed by atoms with Gasteiger partial charge in [0.25, 0.3) is 15.9 Å². The van der Waals surface area contributed by atoms with Crippen molar-refractivity contribution < 1.29 is 23.1 Å². The minimum Gasteiger partial charge on any atom is -0.481 e. The molecule has 0 radical (unpaired) electrons. The molecule has 2 saturated heterocycles. The molecule has 2 aliphatic rings. The Bertz CT molecular complexity index is 773. The van der Waals surface area contributed by atoms with Gasteiger partial charge in [0, 0.05) is 31.6 Å². The first-order valence-electron chi connectivity index (χ1n) is 8.90. The van der Waals surface area contributed by atoms with Crippen LogP contribution in [0.1, 0.15) is 43.0 Å². The summed E-state index contributed by atoms with van der Waals surface area (Å²) < 4.78 is 27.0. The van der Waals surface area contributed by atoms with Gasteiger partial charge in [-0.3, -0.25) is 9.59 Å². The molecule has 1 aromatic rings. The largest absolute Gasteiger partial charge is 0.481 e. The molecular formula is C17H24N2O5S2. The van der Waals surface area contributed by atoms with Gasteiger partial charge in [0.15, 0.2) is 0 Å². The van der Waals surface area contributed by atoms with E-state index in [1.807, 2.05) is 0 Å². The van der Waals surface area contributed by atoms with Gasteiger partial charge in [-0.1, -0.05) is 6.92 Å². The average molecular weight is 401 g/mol. The smallest absolute Gasteiger partial charge is 0.306 e. The van der Waals surface area contributed by atoms with Gasteiger partial charge in [-0.25, -0.2) is 8.42 Å². The summed E-state index contributed by atoms with van der Waals surface area (Å²) in [7, 11) is -3.68. The second-order valence-electron chi connectivity index (χ2n) is 7.15. The van der Waals surface area contributed by atoms with Crippen molar-refractivity contribution in [1.82, 2.24) is 9.21 Å². The Balaban J connectivity index is 1.68. The van der Waals surface area contributed by atoms with Crippen molar-refractivity contribution in [1.29, 1.82) is 0 Å². The Hall–Kier alpha value is -1.45. The molecular weight excluding hydrogens is 376 g/mol. The van der Waals surface area contributed by atoms with E-state index in [0.717, 1.165) is 24.2 Å². The lowest BCUT2D eigenvalue weighted by molar-refractivity contribution is -0.142. The predicted octanol–water partition coefficient (Wildman–Crippen LogP) is 2.11. The third kappa shape index (κ3) is 3.94. The van der Waals surface area contributed by atoms with E-state index in [1.54, 1.807) is 10.3 Å². The Morgan fingerprint density at radius 1 is 1.12 bits per heavy atom. The number of carboxylic acid groups (broad SMARTS) is 1. The van der Waals surface area contributed by atoms with Crippen LogP contribution in [0.25, 0.3) is 0 Å². The maximum absolute atomic E-state index is 12.8. The summed E-state index contributed by atoms with van der Waals surface area (Å²) in [5, 5.41) is 10.6. The molecule has 1 amide bonds. The van der Waals surface area contributed by atoms with Crippen molar-refractivity contribution in [3.05, 3.63) is 17.0 Å². The standard InChI is InChI=1S/C17H24N2O5S2/c1-12-2-6-18(7-3-12)16(20)14-10-15(25-11-14)26(23,24)19-8-4-13(5-9-19)17(21)22/h10-13H,2-9H2,1H3,(H,21,22). The number of hydrogen-bond donors (Lipinski definition) is 1. The third-order valence-electron chi connectivity index (χ3n) is 5.29. The number of rotatable bonds is 4. The molecule has 0 aromatic carbocycles. The third-order valence-corrected chi connectivity index (χ3v) is 8.60. The molecule has 2 fully saturated rings. The SMILES string of the molecule is CC1CCN(C(=O)c2csc(S(=O)(=O)N3CCC(C(=O)O)CC3)c2)CC1. The van der Waals surface area contributed by atoms with Crippen LogP contribution in [-0.2, 0) is 14.8 Å². The van der Waals surface area contributed by atoms with E-state index in [9.17, 15) is 18.0 Å². The molecule has 144 valence electrons. The van der Waals surface area contributed by atoms with E-state index in [2.05, 4.69) is 6.92 Å². The fourth-order valence-corrected chi connectivity index (χ4v) is 6.20. The van der Waals surface area contributed by atoms with Gasteiger partial charge in [-0.2, -0.15) is 4.31 Å². The Morgan fingerprint density at radius 3 is 2.31 bits per heavy atom. The van der Waals surface area contributed by atoms with Gasteiger partial charge >= 0.3 is 5.97 Å². The zero-order chi connectivity index (χ0) is 18.9. The van der Waals surface area contributed by atoms with E-state index in [1.165, 1.54) is 10.4 Å². The van der Waals surface area contributed by atoms with Gasteiger partial charge in [0.2, 0.25) is 0 Å². The van der Waals surface area contributed by atoms with Crippen molar-refractivity contribution in [3.8, 4) is 0 Å². The lowest BCUT2D eigenvalue weighted by atomic mass is 9.99. The van der Waals surface area contributed by atoms with Crippen molar-refractivity contribution in [2.45, 2.75) is 36.8 Å². The number of carbonyl (C=O) groups excluding carboxylic acids is 1. The lowest BCUT2D eigenvalue weighted by Gasteiger charge is -2.30. The van der Waals surface area contributed by atoms with Crippen LogP contribution in [0, 0.1) is 11.8 Å². The summed E-state index contributed by atoms with van der Waals surface area (Å²) in [6.45, 7) is 3.99. The van der Waals surface area contributed by atoms with Crippen LogP contribution in [0.2, 0.25) is 0 Å². The fraction of sp³-hybridized carbons (Fsp3) is 0.647. The number of nitrogens with zero attached hydrogens (tertiary/aromatic N) is 2. The summed E-state index contributed by atoms with van der Waals surface area (Å²) >= 11 is 1.06. The average Bonchev–Trinajstić information content (AvgIpc) is 3.13. The van der Waals surface area contributed by atoms with E-state index in [4.69, 9.17) is 5.11 Å². The molecule has 1 aromatic heterocycles. The van der Waals surface area contributed by atoms with Crippen LogP contribution in [-0.4, -0.2) is 60.8 Å². The molecule has 0 spiro atoms. The molecule has 0 aliphatic carbocycles. The normalized spacial score (nSPS) is 21.0. The van der Waals surface area contributed by atoms with Gasteiger partial charge < -0.3 is 10.0 Å². The first kappa shape index (κ1) is 19.3. The van der Waals surface area contributed by atoms with E-state index >= 15 is 0 Å². The molecule has 2 aliphatic heterocycles. The number of aliphatic carboxylic acids is 1. The molecule has 9 heteroatoms. The highest BCUT2D eigenvalue weighted by Crippen LogP contribution is 2.29. The first-order valence-corrected chi connectivity index (χ1v) is 11.2. The molecule has 3 rings (SSSR count). The summed E-state index contributed by atoms with van der Waals surface area (Å²) in [6.07, 6.45) is 2.58. The monoisotopic (exact) mass is 400 g/mol. The molecule has 26 heavy (non-hydrogen) atoms. The van der Waals surface area contributed by atoms with Crippen LogP contribution in [0.15, 0.2) is 15.7 Å². The zero-order valence-electron chi connectivity index (χ0n) is 14.8. The number of carboxylic acids is 1. The van der Waals surface area contributed by atoms with Gasteiger partial charge in [-0.15, -0.1) is 11.3 Å². The predicted molar refractivity (Wildman–Crippen MR) is 97.7 cm³/mol. The number of piperidine rings is 2. The zero-order valence-corrected chi connectivity index (χ0v) is 16.4. The highest BCUT2D eigenvalue weighted by Gasteiger charge is 2.33. The number of likely N-dealkylation sites (tertiary alicyclic amines) is 1. The highest BCUT2D eigenvalue weighted by atomic mass is 32.2. The van der Waals surface area contributed by atoms with E-state index < -0.39 is 21.9 Å². The van der Waals surface area contributed by atoms with Crippen LogP contribution in [0.5, 0.6) is 0 Å². The number of amides is 1. The summed E-state index contributed by atoms with van der Waals surface area (Å²) in [5.41, 5.74) is 0.420. The highest BCUT2D eigenvalue weighted by molar-refractivity contribution is 7.91. The van der Waals surface area contributed by atoms with Crippen LogP contribution in [0.4, 0.5) is 0 Å². The number of carbonyl (C=O) groups is 2. The topological polar surface area (TPSA) is 95.0 Å². The van der Waals surface area contributed by atoms with Gasteiger partial charge in [0.05, 0.1) is 11.5 Å². The van der Waals surface area contributed by atoms with Crippen LogP contribution < -0.4 is 0 Å². The second kappa shape index (κ2) is 7.66. The summed E-state index contributed by atoms with van der Waals surface area (Å²) in [4.78, 5) is 25.4. The Kier molecular flexibility index (Phi) is 5.69. The van der Waals surface area contributed by atoms with Crippen molar-refractivity contribution in [2.24, 2.45) is 11.8 Å².